The molecular formula is C15H23N3O3. The summed E-state index contributed by atoms with van der Waals surface area (Å²) in [5.74, 6) is -1.01. The molecule has 6 nitrogen and oxygen atoms in total. The summed E-state index contributed by atoms with van der Waals surface area (Å²) in [6.07, 6.45) is 0. The standard InChI is InChI=1S/C15H23N3O3/c1-4-18(5-2)9-8-16-15(21)17-13-10-12(14(19)20)7-6-11(13)3/h6-7,10H,4-5,8-9H2,1-3H3,(H,19,20)(H2,16,17,21). The van der Waals surface area contributed by atoms with Crippen LogP contribution in [0.25, 0.3) is 0 Å². The predicted molar refractivity (Wildman–Crippen MR) is 82.9 cm³/mol. The van der Waals surface area contributed by atoms with Crippen LogP contribution in [0, 0.1) is 6.92 Å². The number of carboxylic acids is 1. The Kier molecular flexibility index (Phi) is 6.68. The van der Waals surface area contributed by atoms with E-state index < -0.39 is 5.97 Å². The van der Waals surface area contributed by atoms with Gasteiger partial charge in [0.1, 0.15) is 0 Å². The molecule has 1 rings (SSSR count). The molecule has 1 aromatic carbocycles. The van der Waals surface area contributed by atoms with Gasteiger partial charge in [-0.3, -0.25) is 0 Å². The minimum Gasteiger partial charge on any atom is -0.478 e. The first-order chi connectivity index (χ1) is 9.97. The van der Waals surface area contributed by atoms with Gasteiger partial charge in [-0.15, -0.1) is 0 Å². The average molecular weight is 293 g/mol. The molecule has 116 valence electrons. The van der Waals surface area contributed by atoms with Crippen LogP contribution < -0.4 is 10.6 Å². The Balaban J connectivity index is 2.55. The molecule has 0 fully saturated rings. The highest BCUT2D eigenvalue weighted by Crippen LogP contribution is 2.16. The summed E-state index contributed by atoms with van der Waals surface area (Å²) < 4.78 is 0. The molecule has 0 saturated carbocycles. The third-order valence-corrected chi connectivity index (χ3v) is 3.34. The number of aromatic carboxylic acids is 1. The molecule has 0 unspecified atom stereocenters. The van der Waals surface area contributed by atoms with Gasteiger partial charge >= 0.3 is 12.0 Å². The Morgan fingerprint density at radius 1 is 1.24 bits per heavy atom. The van der Waals surface area contributed by atoms with E-state index in [-0.39, 0.29) is 11.6 Å². The monoisotopic (exact) mass is 293 g/mol. The summed E-state index contributed by atoms with van der Waals surface area (Å²) >= 11 is 0. The molecule has 1 aromatic rings. The number of carbonyl (C=O) groups is 2. The number of aryl methyl sites for hydroxylation is 1. The Hall–Kier alpha value is -2.08. The fourth-order valence-corrected chi connectivity index (χ4v) is 1.92. The molecule has 0 aromatic heterocycles. The van der Waals surface area contributed by atoms with E-state index in [1.165, 1.54) is 12.1 Å². The highest BCUT2D eigenvalue weighted by molar-refractivity contribution is 5.93. The highest BCUT2D eigenvalue weighted by Gasteiger charge is 2.09. The number of anilines is 1. The lowest BCUT2D eigenvalue weighted by atomic mass is 10.1. The predicted octanol–water partition coefficient (Wildman–Crippen LogP) is 2.16. The van der Waals surface area contributed by atoms with Gasteiger partial charge in [-0.2, -0.15) is 0 Å². The molecule has 0 bridgehead atoms. The van der Waals surface area contributed by atoms with Gasteiger partial charge < -0.3 is 20.6 Å². The maximum Gasteiger partial charge on any atom is 0.335 e. The molecule has 2 amide bonds. The number of likely N-dealkylation sites (N-methyl/N-ethyl adjacent to an activating group) is 1. The fourth-order valence-electron chi connectivity index (χ4n) is 1.92. The summed E-state index contributed by atoms with van der Waals surface area (Å²) in [4.78, 5) is 25.0. The molecule has 21 heavy (non-hydrogen) atoms. The van der Waals surface area contributed by atoms with Crippen molar-refractivity contribution >= 4 is 17.7 Å². The molecule has 0 saturated heterocycles. The van der Waals surface area contributed by atoms with Crippen LogP contribution in [0.4, 0.5) is 10.5 Å². The first kappa shape index (κ1) is 17.0. The zero-order valence-corrected chi connectivity index (χ0v) is 12.8. The van der Waals surface area contributed by atoms with E-state index >= 15 is 0 Å². The second-order valence-corrected chi connectivity index (χ2v) is 4.74. The number of nitrogens with zero attached hydrogens (tertiary/aromatic N) is 1. The number of rotatable bonds is 7. The summed E-state index contributed by atoms with van der Waals surface area (Å²) in [6, 6.07) is 4.32. The maximum absolute atomic E-state index is 11.8. The third-order valence-electron chi connectivity index (χ3n) is 3.34. The first-order valence-corrected chi connectivity index (χ1v) is 7.09. The zero-order chi connectivity index (χ0) is 15.8. The quantitative estimate of drug-likeness (QED) is 0.719. The lowest BCUT2D eigenvalue weighted by molar-refractivity contribution is 0.0697. The van der Waals surface area contributed by atoms with Crippen molar-refractivity contribution in [3.8, 4) is 0 Å². The highest BCUT2D eigenvalue weighted by atomic mass is 16.4. The number of hydrogen-bond donors (Lipinski definition) is 3. The third kappa shape index (κ3) is 5.43. The van der Waals surface area contributed by atoms with Crippen LogP contribution in [0.1, 0.15) is 29.8 Å². The van der Waals surface area contributed by atoms with Crippen LogP contribution in [0.5, 0.6) is 0 Å². The summed E-state index contributed by atoms with van der Waals surface area (Å²) in [6.45, 7) is 9.19. The SMILES string of the molecule is CCN(CC)CCNC(=O)Nc1cc(C(=O)O)ccc1C. The maximum atomic E-state index is 11.8. The molecule has 0 spiro atoms. The van der Waals surface area contributed by atoms with E-state index in [1.54, 1.807) is 6.07 Å². The summed E-state index contributed by atoms with van der Waals surface area (Å²) in [5.41, 5.74) is 1.48. The normalized spacial score (nSPS) is 10.5. The number of carboxylic acid groups (broad SMARTS) is 1. The smallest absolute Gasteiger partial charge is 0.335 e. The van der Waals surface area contributed by atoms with Crippen molar-refractivity contribution in [2.45, 2.75) is 20.8 Å². The van der Waals surface area contributed by atoms with E-state index in [4.69, 9.17) is 5.11 Å². The van der Waals surface area contributed by atoms with Crippen molar-refractivity contribution in [3.05, 3.63) is 29.3 Å². The van der Waals surface area contributed by atoms with Gasteiger partial charge in [0.25, 0.3) is 0 Å². The van der Waals surface area contributed by atoms with Crippen LogP contribution in [-0.4, -0.2) is 48.2 Å². The van der Waals surface area contributed by atoms with Crippen molar-refractivity contribution in [2.75, 3.05) is 31.5 Å². The Morgan fingerprint density at radius 2 is 1.90 bits per heavy atom. The van der Waals surface area contributed by atoms with Gasteiger partial charge in [0, 0.05) is 18.8 Å². The van der Waals surface area contributed by atoms with Crippen molar-refractivity contribution in [1.82, 2.24) is 10.2 Å². The summed E-state index contributed by atoms with van der Waals surface area (Å²) in [7, 11) is 0. The molecule has 3 N–H and O–H groups in total. The van der Waals surface area contributed by atoms with E-state index in [9.17, 15) is 9.59 Å². The number of hydrogen-bond acceptors (Lipinski definition) is 3. The number of benzene rings is 1. The second kappa shape index (κ2) is 8.26. The van der Waals surface area contributed by atoms with Crippen molar-refractivity contribution in [2.24, 2.45) is 0 Å². The Bertz CT molecular complexity index is 499. The molecule has 0 aliphatic carbocycles. The second-order valence-electron chi connectivity index (χ2n) is 4.74. The zero-order valence-electron chi connectivity index (χ0n) is 12.8. The largest absolute Gasteiger partial charge is 0.478 e. The van der Waals surface area contributed by atoms with E-state index in [0.29, 0.717) is 12.2 Å². The number of amides is 2. The number of nitrogens with one attached hydrogen (secondary N) is 2. The molecule has 6 heteroatoms. The summed E-state index contributed by atoms with van der Waals surface area (Å²) in [5, 5.41) is 14.4. The molecule has 0 atom stereocenters. The fraction of sp³-hybridized carbons (Fsp3) is 0.467. The van der Waals surface area contributed by atoms with Crippen LogP contribution in [0.2, 0.25) is 0 Å². The van der Waals surface area contributed by atoms with Crippen LogP contribution >= 0.6 is 0 Å². The average Bonchev–Trinajstić information content (AvgIpc) is 2.45. The van der Waals surface area contributed by atoms with Gasteiger partial charge in [0.15, 0.2) is 0 Å². The molecule has 0 radical (unpaired) electrons. The molecule has 0 aliphatic rings. The minimum atomic E-state index is -1.01. The topological polar surface area (TPSA) is 81.7 Å². The first-order valence-electron chi connectivity index (χ1n) is 7.09. The van der Waals surface area contributed by atoms with Crippen molar-refractivity contribution < 1.29 is 14.7 Å². The molecule has 0 aliphatic heterocycles. The Morgan fingerprint density at radius 3 is 2.48 bits per heavy atom. The van der Waals surface area contributed by atoms with Gasteiger partial charge in [-0.1, -0.05) is 19.9 Å². The lowest BCUT2D eigenvalue weighted by Crippen LogP contribution is -2.37. The van der Waals surface area contributed by atoms with Crippen molar-refractivity contribution in [1.29, 1.82) is 0 Å². The lowest BCUT2D eigenvalue weighted by Gasteiger charge is -2.18. The Labute approximate surface area is 125 Å². The van der Waals surface area contributed by atoms with Gasteiger partial charge in [-0.05, 0) is 37.7 Å². The van der Waals surface area contributed by atoms with Gasteiger partial charge in [-0.25, -0.2) is 9.59 Å². The van der Waals surface area contributed by atoms with E-state index in [1.807, 2.05) is 6.92 Å². The van der Waals surface area contributed by atoms with Crippen LogP contribution in [0.15, 0.2) is 18.2 Å². The molecule has 0 heterocycles. The van der Waals surface area contributed by atoms with E-state index in [0.717, 1.165) is 25.2 Å². The van der Waals surface area contributed by atoms with Crippen molar-refractivity contribution in [3.63, 3.8) is 0 Å². The van der Waals surface area contributed by atoms with Crippen LogP contribution in [-0.2, 0) is 0 Å². The van der Waals surface area contributed by atoms with Gasteiger partial charge in [0.2, 0.25) is 0 Å². The number of carbonyl (C=O) groups excluding carboxylic acids is 1. The molecular weight excluding hydrogens is 270 g/mol. The van der Waals surface area contributed by atoms with Crippen LogP contribution in [0.3, 0.4) is 0 Å². The minimum absolute atomic E-state index is 0.152. The number of urea groups is 1. The van der Waals surface area contributed by atoms with E-state index in [2.05, 4.69) is 29.4 Å². The van der Waals surface area contributed by atoms with Gasteiger partial charge in [0.05, 0.1) is 5.56 Å².